The maximum atomic E-state index is 9.66. The van der Waals surface area contributed by atoms with E-state index in [9.17, 15) is 5.11 Å². The second-order valence-corrected chi connectivity index (χ2v) is 3.93. The first-order chi connectivity index (χ1) is 5.26. The van der Waals surface area contributed by atoms with Crippen LogP contribution in [-0.4, -0.2) is 23.4 Å². The van der Waals surface area contributed by atoms with E-state index < -0.39 is 0 Å². The van der Waals surface area contributed by atoms with Crippen LogP contribution in [-0.2, 0) is 4.74 Å². The predicted molar refractivity (Wildman–Crippen MR) is 42.3 cm³/mol. The van der Waals surface area contributed by atoms with Crippen LogP contribution in [0.2, 0.25) is 0 Å². The highest BCUT2D eigenvalue weighted by Crippen LogP contribution is 2.47. The molecule has 2 heteroatoms. The molecular formula is C9H16O2. The second-order valence-electron chi connectivity index (χ2n) is 3.93. The lowest BCUT2D eigenvalue weighted by Gasteiger charge is -2.33. The molecule has 1 heterocycles. The van der Waals surface area contributed by atoms with Gasteiger partial charge in [0, 0.05) is 12.3 Å². The first-order valence-corrected chi connectivity index (χ1v) is 4.58. The molecule has 2 atom stereocenters. The van der Waals surface area contributed by atoms with Crippen molar-refractivity contribution >= 4 is 0 Å². The number of aliphatic hydroxyl groups excluding tert-OH is 1. The van der Waals surface area contributed by atoms with E-state index in [1.54, 1.807) is 0 Å². The van der Waals surface area contributed by atoms with E-state index in [1.165, 1.54) is 12.8 Å². The molecule has 1 aliphatic heterocycles. The quantitative estimate of drug-likeness (QED) is 0.620. The Labute approximate surface area is 67.6 Å². The van der Waals surface area contributed by atoms with Gasteiger partial charge in [0.1, 0.15) is 0 Å². The molecule has 11 heavy (non-hydrogen) atoms. The number of hydrogen-bond acceptors (Lipinski definition) is 2. The number of hydrogen-bond donors (Lipinski definition) is 1. The zero-order chi connectivity index (χ0) is 7.90. The molecule has 1 aliphatic carbocycles. The van der Waals surface area contributed by atoms with Crippen molar-refractivity contribution in [2.75, 3.05) is 6.61 Å². The molecule has 2 aliphatic rings. The molecule has 1 unspecified atom stereocenters. The molecule has 0 bridgehead atoms. The van der Waals surface area contributed by atoms with E-state index in [2.05, 4.69) is 6.92 Å². The third-order valence-corrected chi connectivity index (χ3v) is 3.06. The standard InChI is InChI=1S/C9H16O2/c1-2-7-6-11-9(3-4-9)5-8(7)10/h7-8,10H,2-6H2,1H3/t7?,8-/m0/s1. The van der Waals surface area contributed by atoms with Gasteiger partial charge in [0.25, 0.3) is 0 Å². The monoisotopic (exact) mass is 156 g/mol. The third kappa shape index (κ3) is 1.30. The van der Waals surface area contributed by atoms with Gasteiger partial charge in [-0.15, -0.1) is 0 Å². The largest absolute Gasteiger partial charge is 0.393 e. The Kier molecular flexibility index (Phi) is 1.69. The van der Waals surface area contributed by atoms with Gasteiger partial charge in [0.15, 0.2) is 0 Å². The highest BCUT2D eigenvalue weighted by Gasteiger charge is 2.49. The molecule has 0 radical (unpaired) electrons. The smallest absolute Gasteiger partial charge is 0.0709 e. The fourth-order valence-electron chi connectivity index (χ4n) is 1.88. The SMILES string of the molecule is CCC1COC2(CC2)C[C@@H]1O. The topological polar surface area (TPSA) is 29.5 Å². The Bertz CT molecular complexity index is 152. The van der Waals surface area contributed by atoms with Crippen molar-refractivity contribution < 1.29 is 9.84 Å². The summed E-state index contributed by atoms with van der Waals surface area (Å²) in [4.78, 5) is 0. The summed E-state index contributed by atoms with van der Waals surface area (Å²) >= 11 is 0. The summed E-state index contributed by atoms with van der Waals surface area (Å²) in [5.74, 6) is 0.390. The molecule has 0 aromatic carbocycles. The van der Waals surface area contributed by atoms with Gasteiger partial charge in [0.2, 0.25) is 0 Å². The highest BCUT2D eigenvalue weighted by molar-refractivity contribution is 5.00. The molecule has 0 amide bonds. The maximum absolute atomic E-state index is 9.66. The van der Waals surface area contributed by atoms with Gasteiger partial charge >= 0.3 is 0 Å². The molecule has 1 saturated heterocycles. The van der Waals surface area contributed by atoms with Crippen molar-refractivity contribution in [2.24, 2.45) is 5.92 Å². The van der Waals surface area contributed by atoms with Crippen LogP contribution in [0.15, 0.2) is 0 Å². The van der Waals surface area contributed by atoms with Crippen molar-refractivity contribution in [3.63, 3.8) is 0 Å². The van der Waals surface area contributed by atoms with E-state index in [1.807, 2.05) is 0 Å². The highest BCUT2D eigenvalue weighted by atomic mass is 16.5. The molecule has 0 aromatic rings. The first-order valence-electron chi connectivity index (χ1n) is 4.58. The Morgan fingerprint density at radius 1 is 1.55 bits per heavy atom. The van der Waals surface area contributed by atoms with Gasteiger partial charge in [-0.25, -0.2) is 0 Å². The van der Waals surface area contributed by atoms with Gasteiger partial charge in [-0.1, -0.05) is 6.92 Å². The van der Waals surface area contributed by atoms with Crippen LogP contribution in [0.4, 0.5) is 0 Å². The fraction of sp³-hybridized carbons (Fsp3) is 1.00. The van der Waals surface area contributed by atoms with Crippen molar-refractivity contribution in [1.82, 2.24) is 0 Å². The third-order valence-electron chi connectivity index (χ3n) is 3.06. The molecule has 1 saturated carbocycles. The molecule has 2 nitrogen and oxygen atoms in total. The first kappa shape index (κ1) is 7.56. The Morgan fingerprint density at radius 3 is 2.73 bits per heavy atom. The summed E-state index contributed by atoms with van der Waals surface area (Å²) in [6.07, 6.45) is 4.15. The zero-order valence-corrected chi connectivity index (χ0v) is 7.05. The molecular weight excluding hydrogens is 140 g/mol. The summed E-state index contributed by atoms with van der Waals surface area (Å²) in [6.45, 7) is 2.89. The summed E-state index contributed by atoms with van der Waals surface area (Å²) < 4.78 is 5.69. The van der Waals surface area contributed by atoms with Crippen molar-refractivity contribution in [2.45, 2.75) is 44.3 Å². The van der Waals surface area contributed by atoms with E-state index in [-0.39, 0.29) is 11.7 Å². The van der Waals surface area contributed by atoms with Crippen LogP contribution >= 0.6 is 0 Å². The van der Waals surface area contributed by atoms with Gasteiger partial charge < -0.3 is 9.84 Å². The van der Waals surface area contributed by atoms with Gasteiger partial charge in [0.05, 0.1) is 18.3 Å². The summed E-state index contributed by atoms with van der Waals surface area (Å²) in [6, 6.07) is 0. The van der Waals surface area contributed by atoms with Gasteiger partial charge in [-0.3, -0.25) is 0 Å². The average Bonchev–Trinajstić information content (AvgIpc) is 2.70. The van der Waals surface area contributed by atoms with Crippen LogP contribution in [0.5, 0.6) is 0 Å². The van der Waals surface area contributed by atoms with E-state index >= 15 is 0 Å². The minimum atomic E-state index is -0.101. The van der Waals surface area contributed by atoms with Crippen molar-refractivity contribution in [3.05, 3.63) is 0 Å². The minimum Gasteiger partial charge on any atom is -0.393 e. The minimum absolute atomic E-state index is 0.101. The van der Waals surface area contributed by atoms with Gasteiger partial charge in [-0.2, -0.15) is 0 Å². The summed E-state index contributed by atoms with van der Waals surface area (Å²) in [7, 11) is 0. The number of rotatable bonds is 1. The van der Waals surface area contributed by atoms with Crippen LogP contribution in [0.25, 0.3) is 0 Å². The lowest BCUT2D eigenvalue weighted by atomic mass is 9.92. The lowest BCUT2D eigenvalue weighted by Crippen LogP contribution is -2.38. The molecule has 64 valence electrons. The van der Waals surface area contributed by atoms with Crippen molar-refractivity contribution in [3.8, 4) is 0 Å². The number of ether oxygens (including phenoxy) is 1. The fourth-order valence-corrected chi connectivity index (χ4v) is 1.88. The Hall–Kier alpha value is -0.0800. The van der Waals surface area contributed by atoms with Crippen LogP contribution in [0.1, 0.15) is 32.6 Å². The predicted octanol–water partition coefficient (Wildman–Crippen LogP) is 1.33. The zero-order valence-electron chi connectivity index (χ0n) is 7.05. The van der Waals surface area contributed by atoms with Gasteiger partial charge in [-0.05, 0) is 19.3 Å². The molecule has 1 N–H and O–H groups in total. The Balaban J connectivity index is 1.94. The summed E-state index contributed by atoms with van der Waals surface area (Å²) in [5, 5.41) is 9.66. The van der Waals surface area contributed by atoms with E-state index in [0.717, 1.165) is 19.4 Å². The van der Waals surface area contributed by atoms with Crippen LogP contribution < -0.4 is 0 Å². The summed E-state index contributed by atoms with van der Waals surface area (Å²) in [5.41, 5.74) is 0.130. The molecule has 1 spiro atoms. The van der Waals surface area contributed by atoms with E-state index in [4.69, 9.17) is 4.74 Å². The number of aliphatic hydroxyl groups is 1. The molecule has 2 rings (SSSR count). The molecule has 2 fully saturated rings. The normalized spacial score (nSPS) is 40.9. The lowest BCUT2D eigenvalue weighted by molar-refractivity contribution is -0.0976. The van der Waals surface area contributed by atoms with Crippen LogP contribution in [0.3, 0.4) is 0 Å². The Morgan fingerprint density at radius 2 is 2.27 bits per heavy atom. The van der Waals surface area contributed by atoms with Crippen LogP contribution in [0, 0.1) is 5.92 Å². The maximum Gasteiger partial charge on any atom is 0.0709 e. The second kappa shape index (κ2) is 2.46. The molecule has 0 aromatic heterocycles. The van der Waals surface area contributed by atoms with E-state index in [0.29, 0.717) is 5.92 Å². The van der Waals surface area contributed by atoms with Crippen molar-refractivity contribution in [1.29, 1.82) is 0 Å². The average molecular weight is 156 g/mol.